The van der Waals surface area contributed by atoms with Crippen molar-refractivity contribution in [3.63, 3.8) is 0 Å². The topological polar surface area (TPSA) is 20.2 Å². The second-order valence-corrected chi connectivity index (χ2v) is 5.24. The first-order chi connectivity index (χ1) is 7.33. The van der Waals surface area contributed by atoms with Gasteiger partial charge in [0.1, 0.15) is 0 Å². The second-order valence-electron chi connectivity index (χ2n) is 5.24. The number of hydrogen-bond donors (Lipinski definition) is 1. The second kappa shape index (κ2) is 3.64. The zero-order valence-electron chi connectivity index (χ0n) is 8.97. The molecular weight excluding hydrogens is 184 g/mol. The van der Waals surface area contributed by atoms with Crippen molar-refractivity contribution < 1.29 is 5.11 Å². The fraction of sp³-hybridized carbons (Fsp3) is 0.571. The van der Waals surface area contributed by atoms with Gasteiger partial charge in [0, 0.05) is 0 Å². The van der Waals surface area contributed by atoms with E-state index in [1.165, 1.54) is 24.8 Å². The van der Waals surface area contributed by atoms with E-state index in [2.05, 4.69) is 12.1 Å². The van der Waals surface area contributed by atoms with Crippen molar-refractivity contribution in [3.8, 4) is 0 Å². The van der Waals surface area contributed by atoms with Gasteiger partial charge in [-0.3, -0.25) is 0 Å². The van der Waals surface area contributed by atoms with Gasteiger partial charge in [-0.1, -0.05) is 30.3 Å². The van der Waals surface area contributed by atoms with Crippen molar-refractivity contribution >= 4 is 0 Å². The Kier molecular flexibility index (Phi) is 2.28. The molecule has 0 spiro atoms. The zero-order chi connectivity index (χ0) is 10.3. The predicted molar refractivity (Wildman–Crippen MR) is 60.5 cm³/mol. The maximum Gasteiger partial charge on any atom is 0.0608 e. The number of hydrogen-bond acceptors (Lipinski definition) is 1. The Morgan fingerprint density at radius 2 is 1.73 bits per heavy atom. The molecule has 3 atom stereocenters. The highest BCUT2D eigenvalue weighted by Gasteiger charge is 2.47. The van der Waals surface area contributed by atoms with Crippen molar-refractivity contribution in [3.05, 3.63) is 35.9 Å². The quantitative estimate of drug-likeness (QED) is 0.799. The van der Waals surface area contributed by atoms with E-state index in [9.17, 15) is 5.11 Å². The van der Waals surface area contributed by atoms with Gasteiger partial charge in [0.2, 0.25) is 0 Å². The highest BCUT2D eigenvalue weighted by Crippen LogP contribution is 2.55. The van der Waals surface area contributed by atoms with E-state index in [1.54, 1.807) is 0 Å². The molecule has 0 aliphatic heterocycles. The summed E-state index contributed by atoms with van der Waals surface area (Å²) in [6.45, 7) is 0. The zero-order valence-corrected chi connectivity index (χ0v) is 8.97. The summed E-state index contributed by atoms with van der Waals surface area (Å²) in [5, 5.41) is 10.1. The van der Waals surface area contributed by atoms with E-state index in [0.29, 0.717) is 5.92 Å². The molecule has 0 amide bonds. The van der Waals surface area contributed by atoms with Gasteiger partial charge >= 0.3 is 0 Å². The summed E-state index contributed by atoms with van der Waals surface area (Å²) < 4.78 is 0. The Labute approximate surface area is 91.1 Å². The van der Waals surface area contributed by atoms with Crippen LogP contribution in [0, 0.1) is 17.8 Å². The molecular formula is C14H18O. The molecule has 0 saturated heterocycles. The molecule has 15 heavy (non-hydrogen) atoms. The summed E-state index contributed by atoms with van der Waals surface area (Å²) in [6, 6.07) is 10.3. The van der Waals surface area contributed by atoms with Crippen LogP contribution in [0.15, 0.2) is 30.3 Å². The molecule has 2 aliphatic rings. The Hall–Kier alpha value is -0.820. The minimum atomic E-state index is -0.111. The Bertz CT molecular complexity index is 322. The average Bonchev–Trinajstić information content (AvgIpc) is 2.87. The summed E-state index contributed by atoms with van der Waals surface area (Å²) in [5.41, 5.74) is 1.27. The van der Waals surface area contributed by atoms with Crippen LogP contribution in [0.2, 0.25) is 0 Å². The van der Waals surface area contributed by atoms with Crippen molar-refractivity contribution in [1.29, 1.82) is 0 Å². The smallest absolute Gasteiger partial charge is 0.0608 e. The van der Waals surface area contributed by atoms with Crippen molar-refractivity contribution in [2.45, 2.75) is 31.8 Å². The summed E-state index contributed by atoms with van der Waals surface area (Å²) in [7, 11) is 0. The molecule has 2 aliphatic carbocycles. The standard InChI is InChI=1S/C14H18O/c15-14(6-10-4-2-1-3-5-10)13-8-11-7-12(11)9-13/h1-5,11-15H,6-9H2. The van der Waals surface area contributed by atoms with E-state index in [4.69, 9.17) is 0 Å². The first kappa shape index (κ1) is 9.41. The Morgan fingerprint density at radius 3 is 2.40 bits per heavy atom. The largest absolute Gasteiger partial charge is 0.392 e. The van der Waals surface area contributed by atoms with Crippen LogP contribution in [0.4, 0.5) is 0 Å². The number of rotatable bonds is 3. The Morgan fingerprint density at radius 1 is 1.07 bits per heavy atom. The van der Waals surface area contributed by atoms with Crippen LogP contribution < -0.4 is 0 Å². The lowest BCUT2D eigenvalue weighted by molar-refractivity contribution is 0.104. The lowest BCUT2D eigenvalue weighted by atomic mass is 9.92. The fourth-order valence-electron chi connectivity index (χ4n) is 3.10. The number of benzene rings is 1. The van der Waals surface area contributed by atoms with E-state index in [1.807, 2.05) is 18.2 Å². The van der Waals surface area contributed by atoms with E-state index < -0.39 is 0 Å². The van der Waals surface area contributed by atoms with Gasteiger partial charge in [-0.2, -0.15) is 0 Å². The van der Waals surface area contributed by atoms with Gasteiger partial charge in [0.25, 0.3) is 0 Å². The number of fused-ring (bicyclic) bond motifs is 1. The monoisotopic (exact) mass is 202 g/mol. The lowest BCUT2D eigenvalue weighted by Crippen LogP contribution is -2.21. The molecule has 2 fully saturated rings. The third-order valence-corrected chi connectivity index (χ3v) is 4.11. The molecule has 1 N–H and O–H groups in total. The molecule has 0 aromatic heterocycles. The van der Waals surface area contributed by atoms with Crippen LogP contribution in [-0.4, -0.2) is 11.2 Å². The molecule has 1 aromatic carbocycles. The SMILES string of the molecule is OC(Cc1ccccc1)C1CC2CC2C1. The van der Waals surface area contributed by atoms with Crippen LogP contribution in [0.25, 0.3) is 0 Å². The van der Waals surface area contributed by atoms with Gasteiger partial charge in [0.05, 0.1) is 6.10 Å². The average molecular weight is 202 g/mol. The molecule has 0 heterocycles. The highest BCUT2D eigenvalue weighted by molar-refractivity contribution is 5.16. The summed E-state index contributed by atoms with van der Waals surface area (Å²) in [5.74, 6) is 2.52. The third-order valence-electron chi connectivity index (χ3n) is 4.11. The molecule has 1 aromatic rings. The number of aliphatic hydroxyl groups is 1. The maximum atomic E-state index is 10.1. The maximum absolute atomic E-state index is 10.1. The van der Waals surface area contributed by atoms with Gasteiger partial charge < -0.3 is 5.11 Å². The normalized spacial score (nSPS) is 34.9. The summed E-state index contributed by atoms with van der Waals surface area (Å²) >= 11 is 0. The lowest BCUT2D eigenvalue weighted by Gasteiger charge is -2.19. The van der Waals surface area contributed by atoms with Gasteiger partial charge in [0.15, 0.2) is 0 Å². The molecule has 1 nitrogen and oxygen atoms in total. The molecule has 80 valence electrons. The van der Waals surface area contributed by atoms with Gasteiger partial charge in [-0.15, -0.1) is 0 Å². The summed E-state index contributed by atoms with van der Waals surface area (Å²) in [4.78, 5) is 0. The van der Waals surface area contributed by atoms with E-state index >= 15 is 0 Å². The van der Waals surface area contributed by atoms with Crippen molar-refractivity contribution in [2.75, 3.05) is 0 Å². The van der Waals surface area contributed by atoms with Crippen LogP contribution >= 0.6 is 0 Å². The minimum absolute atomic E-state index is 0.111. The molecule has 1 heteroatoms. The van der Waals surface area contributed by atoms with Crippen LogP contribution in [0.5, 0.6) is 0 Å². The molecule has 2 saturated carbocycles. The van der Waals surface area contributed by atoms with E-state index in [0.717, 1.165) is 18.3 Å². The van der Waals surface area contributed by atoms with Crippen LogP contribution in [-0.2, 0) is 6.42 Å². The highest BCUT2D eigenvalue weighted by atomic mass is 16.3. The fourth-order valence-corrected chi connectivity index (χ4v) is 3.10. The molecule has 0 bridgehead atoms. The first-order valence-electron chi connectivity index (χ1n) is 6.05. The number of aliphatic hydroxyl groups excluding tert-OH is 1. The van der Waals surface area contributed by atoms with Crippen LogP contribution in [0.1, 0.15) is 24.8 Å². The van der Waals surface area contributed by atoms with Crippen LogP contribution in [0.3, 0.4) is 0 Å². The predicted octanol–water partition coefficient (Wildman–Crippen LogP) is 2.64. The van der Waals surface area contributed by atoms with E-state index in [-0.39, 0.29) is 6.10 Å². The molecule has 3 unspecified atom stereocenters. The molecule has 0 radical (unpaired) electrons. The first-order valence-corrected chi connectivity index (χ1v) is 6.05. The Balaban J connectivity index is 1.59. The van der Waals surface area contributed by atoms with Gasteiger partial charge in [-0.05, 0) is 49.0 Å². The summed E-state index contributed by atoms with van der Waals surface area (Å²) in [6.07, 6.45) is 4.72. The third kappa shape index (κ3) is 1.93. The van der Waals surface area contributed by atoms with Gasteiger partial charge in [-0.25, -0.2) is 0 Å². The molecule has 3 rings (SSSR count). The van der Waals surface area contributed by atoms with Crippen molar-refractivity contribution in [2.24, 2.45) is 17.8 Å². The minimum Gasteiger partial charge on any atom is -0.392 e. The van der Waals surface area contributed by atoms with Crippen molar-refractivity contribution in [1.82, 2.24) is 0 Å².